The Labute approximate surface area is 141 Å². The first-order valence-electron chi connectivity index (χ1n) is 7.97. The number of hydrogen-bond donors (Lipinski definition) is 1. The molecule has 0 radical (unpaired) electrons. The van der Waals surface area contributed by atoms with Crippen LogP contribution in [0.25, 0.3) is 16.1 Å². The van der Waals surface area contributed by atoms with Gasteiger partial charge in [0.15, 0.2) is 5.69 Å². The summed E-state index contributed by atoms with van der Waals surface area (Å²) in [6, 6.07) is 6.63. The molecule has 6 nitrogen and oxygen atoms in total. The van der Waals surface area contributed by atoms with Crippen molar-refractivity contribution >= 4 is 5.69 Å². The van der Waals surface area contributed by atoms with Gasteiger partial charge in [-0.05, 0) is 45.0 Å². The van der Waals surface area contributed by atoms with Gasteiger partial charge in [-0.3, -0.25) is 0 Å². The van der Waals surface area contributed by atoms with E-state index >= 15 is 0 Å². The summed E-state index contributed by atoms with van der Waals surface area (Å²) in [5.74, 6) is 0.539. The van der Waals surface area contributed by atoms with Crippen LogP contribution in [0.4, 0.5) is 5.69 Å². The number of ether oxygens (including phenoxy) is 1. The third kappa shape index (κ3) is 3.47. The molecular formula is C18H20N4O2. The van der Waals surface area contributed by atoms with Crippen molar-refractivity contribution < 1.29 is 9.84 Å². The summed E-state index contributed by atoms with van der Waals surface area (Å²) in [5.41, 5.74) is 2.42. The maximum atomic E-state index is 10.1. The lowest BCUT2D eigenvalue weighted by Gasteiger charge is -2.29. The van der Waals surface area contributed by atoms with Gasteiger partial charge in [0, 0.05) is 18.2 Å². The van der Waals surface area contributed by atoms with Gasteiger partial charge in [0.1, 0.15) is 11.9 Å². The van der Waals surface area contributed by atoms with Crippen LogP contribution in [0.15, 0.2) is 24.3 Å². The first-order valence-corrected chi connectivity index (χ1v) is 7.97. The van der Waals surface area contributed by atoms with E-state index in [1.165, 1.54) is 6.07 Å². The number of aromatic nitrogens is 2. The lowest BCUT2D eigenvalue weighted by molar-refractivity contribution is 0.0990. The second kappa shape index (κ2) is 6.85. The van der Waals surface area contributed by atoms with Gasteiger partial charge in [0.05, 0.1) is 12.3 Å². The fraction of sp³-hybridized carbons (Fsp3) is 0.389. The van der Waals surface area contributed by atoms with Crippen molar-refractivity contribution in [1.82, 2.24) is 15.1 Å². The molecule has 0 aliphatic carbocycles. The van der Waals surface area contributed by atoms with E-state index in [1.54, 1.807) is 12.1 Å². The van der Waals surface area contributed by atoms with Gasteiger partial charge in [-0.2, -0.15) is 0 Å². The van der Waals surface area contributed by atoms with E-state index in [-0.39, 0.29) is 11.9 Å². The van der Waals surface area contributed by atoms with Crippen LogP contribution in [0.5, 0.6) is 11.6 Å². The normalized spacial score (nSPS) is 18.1. The average molecular weight is 324 g/mol. The molecule has 1 fully saturated rings. The van der Waals surface area contributed by atoms with Crippen LogP contribution in [0.1, 0.15) is 18.4 Å². The van der Waals surface area contributed by atoms with E-state index in [9.17, 15) is 5.11 Å². The van der Waals surface area contributed by atoms with Gasteiger partial charge >= 0.3 is 0 Å². The first kappa shape index (κ1) is 16.2. The molecule has 0 saturated carbocycles. The number of nitrogens with zero attached hydrogens (tertiary/aromatic N) is 4. The molecule has 6 heteroatoms. The van der Waals surface area contributed by atoms with Crippen molar-refractivity contribution in [3.8, 4) is 22.9 Å². The zero-order valence-electron chi connectivity index (χ0n) is 13.9. The molecule has 0 unspecified atom stereocenters. The monoisotopic (exact) mass is 324 g/mol. The van der Waals surface area contributed by atoms with Crippen molar-refractivity contribution in [2.24, 2.45) is 0 Å². The minimum absolute atomic E-state index is 0.0310. The van der Waals surface area contributed by atoms with Crippen LogP contribution in [0.2, 0.25) is 0 Å². The Morgan fingerprint density at radius 1 is 1.33 bits per heavy atom. The van der Waals surface area contributed by atoms with E-state index in [2.05, 4.69) is 27.0 Å². The molecule has 124 valence electrons. The van der Waals surface area contributed by atoms with Gasteiger partial charge in [0.2, 0.25) is 5.88 Å². The Morgan fingerprint density at radius 3 is 2.83 bits per heavy atom. The van der Waals surface area contributed by atoms with E-state index in [4.69, 9.17) is 11.3 Å². The minimum atomic E-state index is 0.0310. The molecule has 3 rings (SSSR count). The Bertz CT molecular complexity index is 785. The predicted molar refractivity (Wildman–Crippen MR) is 91.3 cm³/mol. The third-order valence-corrected chi connectivity index (χ3v) is 4.20. The molecule has 1 atom stereocenters. The van der Waals surface area contributed by atoms with E-state index in [0.29, 0.717) is 22.8 Å². The number of rotatable bonds is 3. The zero-order valence-corrected chi connectivity index (χ0v) is 13.9. The smallest absolute Gasteiger partial charge is 0.233 e. The number of likely N-dealkylation sites (tertiary alicyclic amines) is 1. The summed E-state index contributed by atoms with van der Waals surface area (Å²) in [6.07, 6.45) is 2.27. The van der Waals surface area contributed by atoms with Gasteiger partial charge < -0.3 is 14.7 Å². The van der Waals surface area contributed by atoms with Gasteiger partial charge in [-0.25, -0.2) is 4.85 Å². The number of aromatic hydroxyl groups is 1. The lowest BCUT2D eigenvalue weighted by Crippen LogP contribution is -2.38. The highest BCUT2D eigenvalue weighted by molar-refractivity contribution is 5.72. The lowest BCUT2D eigenvalue weighted by atomic mass is 10.1. The van der Waals surface area contributed by atoms with E-state index in [1.807, 2.05) is 13.0 Å². The fourth-order valence-electron chi connectivity index (χ4n) is 2.96. The molecule has 2 aromatic rings. The Morgan fingerprint density at radius 2 is 2.17 bits per heavy atom. The summed E-state index contributed by atoms with van der Waals surface area (Å²) >= 11 is 0. The standard InChI is InChI=1S/C18H20N4O2/c1-12-9-17(24-14-5-4-8-22(3)11-14)20-21-18(12)15-7-6-13(19-2)10-16(15)23/h6-7,9-10,14,23H,4-5,8,11H2,1,3H3/t14-/m1/s1. The molecule has 1 aromatic heterocycles. The van der Waals surface area contributed by atoms with E-state index < -0.39 is 0 Å². The number of aryl methyl sites for hydroxylation is 1. The Kier molecular flexibility index (Phi) is 4.63. The zero-order chi connectivity index (χ0) is 17.1. The van der Waals surface area contributed by atoms with E-state index in [0.717, 1.165) is 31.5 Å². The number of benzene rings is 1. The van der Waals surface area contributed by atoms with Crippen molar-refractivity contribution in [3.63, 3.8) is 0 Å². The Balaban J connectivity index is 1.81. The van der Waals surface area contributed by atoms with Crippen LogP contribution in [-0.2, 0) is 0 Å². The van der Waals surface area contributed by atoms with Gasteiger partial charge in [0.25, 0.3) is 0 Å². The third-order valence-electron chi connectivity index (χ3n) is 4.20. The van der Waals surface area contributed by atoms with Crippen molar-refractivity contribution in [2.75, 3.05) is 20.1 Å². The van der Waals surface area contributed by atoms with Crippen LogP contribution in [-0.4, -0.2) is 46.4 Å². The topological polar surface area (TPSA) is 62.8 Å². The number of piperidine rings is 1. The highest BCUT2D eigenvalue weighted by Gasteiger charge is 2.20. The molecule has 0 amide bonds. The Hall–Kier alpha value is -2.65. The molecule has 1 saturated heterocycles. The van der Waals surface area contributed by atoms with Crippen LogP contribution >= 0.6 is 0 Å². The van der Waals surface area contributed by atoms with Gasteiger partial charge in [-0.15, -0.1) is 10.2 Å². The summed E-state index contributed by atoms with van der Waals surface area (Å²) in [7, 11) is 2.09. The highest BCUT2D eigenvalue weighted by Crippen LogP contribution is 2.33. The molecule has 1 aliphatic heterocycles. The second-order valence-corrected chi connectivity index (χ2v) is 6.17. The maximum Gasteiger partial charge on any atom is 0.233 e. The first-order chi connectivity index (χ1) is 11.6. The summed E-state index contributed by atoms with van der Waals surface area (Å²) in [6.45, 7) is 10.9. The van der Waals surface area contributed by atoms with Crippen LogP contribution < -0.4 is 4.74 Å². The molecule has 1 aliphatic rings. The molecule has 2 heterocycles. The molecule has 0 spiro atoms. The predicted octanol–water partition coefficient (Wildman–Crippen LogP) is 3.18. The molecular weight excluding hydrogens is 304 g/mol. The maximum absolute atomic E-state index is 10.1. The molecule has 24 heavy (non-hydrogen) atoms. The summed E-state index contributed by atoms with van der Waals surface area (Å²) in [4.78, 5) is 5.55. The number of hydrogen-bond acceptors (Lipinski definition) is 5. The molecule has 1 aromatic carbocycles. The largest absolute Gasteiger partial charge is 0.509 e. The highest BCUT2D eigenvalue weighted by atomic mass is 16.5. The number of phenolic OH excluding ortho intramolecular Hbond substituents is 1. The van der Waals surface area contributed by atoms with Crippen LogP contribution in [0, 0.1) is 13.5 Å². The fourth-order valence-corrected chi connectivity index (χ4v) is 2.96. The van der Waals surface area contributed by atoms with Crippen molar-refractivity contribution in [3.05, 3.63) is 41.2 Å². The second-order valence-electron chi connectivity index (χ2n) is 6.17. The summed E-state index contributed by atoms with van der Waals surface area (Å²) in [5, 5.41) is 18.5. The SMILES string of the molecule is [C-]#[N+]c1ccc(-c2nnc(O[C@@H]3CCCN(C)C3)cc2C)c(O)c1. The quantitative estimate of drug-likeness (QED) is 0.879. The molecule has 1 N–H and O–H groups in total. The van der Waals surface area contributed by atoms with Crippen molar-refractivity contribution in [1.29, 1.82) is 0 Å². The van der Waals surface area contributed by atoms with Gasteiger partial charge in [-0.1, -0.05) is 12.1 Å². The molecule has 0 bridgehead atoms. The average Bonchev–Trinajstić information content (AvgIpc) is 2.55. The van der Waals surface area contributed by atoms with Crippen molar-refractivity contribution in [2.45, 2.75) is 25.9 Å². The number of likely N-dealkylation sites (N-methyl/N-ethyl adjacent to an activating group) is 1. The number of phenols is 1. The summed E-state index contributed by atoms with van der Waals surface area (Å²) < 4.78 is 5.95. The van der Waals surface area contributed by atoms with Crippen LogP contribution in [0.3, 0.4) is 0 Å². The minimum Gasteiger partial charge on any atom is -0.509 e.